The maximum atomic E-state index is 13.0. The lowest BCUT2D eigenvalue weighted by atomic mass is 10.1. The number of nitrogens with zero attached hydrogens (tertiary/aromatic N) is 1. The number of rotatable bonds is 2. The Hall–Kier alpha value is -1.76. The predicted molar refractivity (Wildman–Crippen MR) is 56.5 cm³/mol. The highest BCUT2D eigenvalue weighted by Gasteiger charge is 2.16. The van der Waals surface area contributed by atoms with Crippen molar-refractivity contribution in [2.24, 2.45) is 0 Å². The van der Waals surface area contributed by atoms with E-state index in [0.29, 0.717) is 0 Å². The Morgan fingerprint density at radius 2 is 1.94 bits per heavy atom. The number of aromatic nitrogens is 1. The highest BCUT2D eigenvalue weighted by atomic mass is 79.9. The van der Waals surface area contributed by atoms with Gasteiger partial charge in [0.05, 0.1) is 0 Å². The van der Waals surface area contributed by atoms with Crippen LogP contribution in [0.2, 0.25) is 0 Å². The second-order valence-electron chi connectivity index (χ2n) is 3.13. The molecule has 1 heterocycles. The minimum absolute atomic E-state index is 0.0353. The molecule has 4 nitrogen and oxygen atoms in total. The van der Waals surface area contributed by atoms with Crippen molar-refractivity contribution in [3.8, 4) is 11.3 Å². The van der Waals surface area contributed by atoms with Gasteiger partial charge >= 0.3 is 5.97 Å². The van der Waals surface area contributed by atoms with Crippen LogP contribution in [0, 0.1) is 11.6 Å². The van der Waals surface area contributed by atoms with Crippen molar-refractivity contribution in [1.82, 2.24) is 5.16 Å². The van der Waals surface area contributed by atoms with Crippen molar-refractivity contribution < 1.29 is 23.2 Å². The zero-order valence-electron chi connectivity index (χ0n) is 8.08. The van der Waals surface area contributed by atoms with E-state index in [1.807, 2.05) is 0 Å². The summed E-state index contributed by atoms with van der Waals surface area (Å²) >= 11 is 3.02. The molecule has 7 heteroatoms. The van der Waals surface area contributed by atoms with E-state index in [1.165, 1.54) is 0 Å². The van der Waals surface area contributed by atoms with Gasteiger partial charge in [0.1, 0.15) is 0 Å². The molecule has 1 aromatic heterocycles. The van der Waals surface area contributed by atoms with Crippen molar-refractivity contribution in [3.63, 3.8) is 0 Å². The number of hydrogen-bond acceptors (Lipinski definition) is 3. The number of carbonyl (C=O) groups is 1. The lowest BCUT2D eigenvalue weighted by Gasteiger charge is -2.00. The zero-order chi connectivity index (χ0) is 12.6. The first kappa shape index (κ1) is 11.7. The highest BCUT2D eigenvalue weighted by molar-refractivity contribution is 9.10. The average molecular weight is 304 g/mol. The monoisotopic (exact) mass is 303 g/mol. The molecule has 0 unspecified atom stereocenters. The van der Waals surface area contributed by atoms with Gasteiger partial charge in [0.2, 0.25) is 0 Å². The topological polar surface area (TPSA) is 63.3 Å². The molecule has 0 amide bonds. The molecule has 0 saturated heterocycles. The second-order valence-corrected chi connectivity index (χ2v) is 3.98. The fraction of sp³-hybridized carbons (Fsp3) is 0. The third-order valence-corrected chi connectivity index (χ3v) is 2.66. The summed E-state index contributed by atoms with van der Waals surface area (Å²) in [6.07, 6.45) is 0. The maximum absolute atomic E-state index is 13.0. The Labute approximate surface area is 102 Å². The molecule has 0 saturated carbocycles. The van der Waals surface area contributed by atoms with Crippen LogP contribution < -0.4 is 0 Å². The van der Waals surface area contributed by atoms with Gasteiger partial charge in [-0.25, -0.2) is 13.6 Å². The van der Waals surface area contributed by atoms with Gasteiger partial charge < -0.3 is 9.63 Å². The second kappa shape index (κ2) is 4.25. The quantitative estimate of drug-likeness (QED) is 0.866. The van der Waals surface area contributed by atoms with Gasteiger partial charge in [-0.05, 0) is 28.1 Å². The third-order valence-electron chi connectivity index (χ3n) is 2.00. The molecular weight excluding hydrogens is 300 g/mol. The van der Waals surface area contributed by atoms with Crippen molar-refractivity contribution in [2.45, 2.75) is 0 Å². The van der Waals surface area contributed by atoms with E-state index in [9.17, 15) is 13.6 Å². The van der Waals surface area contributed by atoms with E-state index in [2.05, 4.69) is 21.1 Å². The number of carboxylic acid groups (broad SMARTS) is 1. The molecule has 1 aromatic carbocycles. The van der Waals surface area contributed by atoms with E-state index in [1.54, 1.807) is 0 Å². The molecular formula is C10H4BrF2NO3. The number of hydrogen-bond donors (Lipinski definition) is 1. The molecule has 0 aliphatic heterocycles. The number of halogens is 3. The van der Waals surface area contributed by atoms with Crippen molar-refractivity contribution in [3.05, 3.63) is 40.0 Å². The minimum atomic E-state index is -1.27. The Bertz CT molecular complexity index is 597. The molecule has 0 fully saturated rings. The fourth-order valence-electron chi connectivity index (χ4n) is 1.21. The van der Waals surface area contributed by atoms with Gasteiger partial charge in [-0.2, -0.15) is 0 Å². The van der Waals surface area contributed by atoms with Crippen LogP contribution in [0.3, 0.4) is 0 Å². The van der Waals surface area contributed by atoms with Crippen LogP contribution in [-0.4, -0.2) is 16.2 Å². The Balaban J connectivity index is 2.52. The van der Waals surface area contributed by atoms with Crippen LogP contribution >= 0.6 is 15.9 Å². The lowest BCUT2D eigenvalue weighted by molar-refractivity contribution is 0.0686. The normalized spacial score (nSPS) is 10.5. The summed E-state index contributed by atoms with van der Waals surface area (Å²) in [5.74, 6) is -3.30. The summed E-state index contributed by atoms with van der Waals surface area (Å²) in [6, 6.07) is 2.94. The van der Waals surface area contributed by atoms with Crippen LogP contribution in [0.15, 0.2) is 27.2 Å². The van der Waals surface area contributed by atoms with E-state index >= 15 is 0 Å². The molecule has 2 aromatic rings. The molecule has 0 aliphatic rings. The molecule has 17 heavy (non-hydrogen) atoms. The van der Waals surface area contributed by atoms with Gasteiger partial charge in [-0.1, -0.05) is 5.16 Å². The standard InChI is InChI=1S/C10H4BrF2NO3/c11-5-2-7(13)6(12)1-4(5)9-3-8(10(15)16)14-17-9/h1-3H,(H,15,16). The van der Waals surface area contributed by atoms with Crippen molar-refractivity contribution in [1.29, 1.82) is 0 Å². The highest BCUT2D eigenvalue weighted by Crippen LogP contribution is 2.30. The maximum Gasteiger partial charge on any atom is 0.358 e. The first-order valence-corrected chi connectivity index (χ1v) is 5.13. The minimum Gasteiger partial charge on any atom is -0.476 e. The molecule has 2 rings (SSSR count). The van der Waals surface area contributed by atoms with Crippen LogP contribution in [0.5, 0.6) is 0 Å². The number of carboxylic acids is 1. The van der Waals surface area contributed by atoms with Crippen molar-refractivity contribution in [2.75, 3.05) is 0 Å². The molecule has 0 radical (unpaired) electrons. The van der Waals surface area contributed by atoms with Crippen LogP contribution in [0.1, 0.15) is 10.5 Å². The summed E-state index contributed by atoms with van der Waals surface area (Å²) in [4.78, 5) is 10.6. The van der Waals surface area contributed by atoms with Gasteiger partial charge in [0.15, 0.2) is 23.1 Å². The largest absolute Gasteiger partial charge is 0.476 e. The third kappa shape index (κ3) is 2.19. The molecule has 0 atom stereocenters. The SMILES string of the molecule is O=C(O)c1cc(-c2cc(F)c(F)cc2Br)on1. The van der Waals surface area contributed by atoms with Crippen molar-refractivity contribution >= 4 is 21.9 Å². The van der Waals surface area contributed by atoms with Gasteiger partial charge in [0.25, 0.3) is 0 Å². The van der Waals surface area contributed by atoms with Gasteiger partial charge in [0, 0.05) is 16.1 Å². The Morgan fingerprint density at radius 1 is 1.29 bits per heavy atom. The first-order chi connectivity index (χ1) is 7.99. The van der Waals surface area contributed by atoms with Crippen LogP contribution in [-0.2, 0) is 0 Å². The summed E-state index contributed by atoms with van der Waals surface area (Å²) < 4.78 is 30.9. The van der Waals surface area contributed by atoms with E-state index in [0.717, 1.165) is 18.2 Å². The molecule has 0 bridgehead atoms. The summed E-state index contributed by atoms with van der Waals surface area (Å²) in [5.41, 5.74) is -0.125. The first-order valence-electron chi connectivity index (χ1n) is 4.34. The number of aromatic carboxylic acids is 1. The smallest absolute Gasteiger partial charge is 0.358 e. The molecule has 88 valence electrons. The summed E-state index contributed by atoms with van der Waals surface area (Å²) in [5, 5.41) is 11.9. The summed E-state index contributed by atoms with van der Waals surface area (Å²) in [7, 11) is 0. The van der Waals surface area contributed by atoms with Gasteiger partial charge in [-0.15, -0.1) is 0 Å². The van der Waals surface area contributed by atoms with E-state index in [-0.39, 0.29) is 21.5 Å². The fourth-order valence-corrected chi connectivity index (χ4v) is 1.73. The number of benzene rings is 1. The predicted octanol–water partition coefficient (Wildman–Crippen LogP) is 3.08. The molecule has 0 aliphatic carbocycles. The molecule has 0 spiro atoms. The van der Waals surface area contributed by atoms with E-state index < -0.39 is 17.6 Å². The Kier molecular flexibility index (Phi) is 2.93. The van der Waals surface area contributed by atoms with Crippen LogP contribution in [0.25, 0.3) is 11.3 Å². The lowest BCUT2D eigenvalue weighted by Crippen LogP contribution is -1.94. The van der Waals surface area contributed by atoms with Gasteiger partial charge in [-0.3, -0.25) is 0 Å². The summed E-state index contributed by atoms with van der Waals surface area (Å²) in [6.45, 7) is 0. The van der Waals surface area contributed by atoms with Crippen LogP contribution in [0.4, 0.5) is 8.78 Å². The zero-order valence-corrected chi connectivity index (χ0v) is 9.66. The average Bonchev–Trinajstić information content (AvgIpc) is 2.72. The van der Waals surface area contributed by atoms with E-state index in [4.69, 9.17) is 9.63 Å². The Morgan fingerprint density at radius 3 is 2.53 bits per heavy atom. The molecule has 1 N–H and O–H groups in total.